The smallest absolute Gasteiger partial charge is 0.351 e. The minimum absolute atomic E-state index is 0.00673. The highest BCUT2D eigenvalue weighted by Gasteiger charge is 2.44. The van der Waals surface area contributed by atoms with Gasteiger partial charge in [-0.2, -0.15) is 0 Å². The molecule has 0 radical (unpaired) electrons. The number of carbonyl (C=O) groups excluding carboxylic acids is 4. The van der Waals surface area contributed by atoms with E-state index in [-0.39, 0.29) is 31.6 Å². The first-order valence-corrected chi connectivity index (χ1v) is 11.7. The van der Waals surface area contributed by atoms with E-state index in [2.05, 4.69) is 0 Å². The van der Waals surface area contributed by atoms with Gasteiger partial charge in [0.05, 0.1) is 19.1 Å². The number of rotatable bonds is 7. The topological polar surface area (TPSA) is 112 Å². The van der Waals surface area contributed by atoms with Crippen molar-refractivity contribution >= 4 is 29.4 Å². The molecule has 1 aromatic carbocycles. The van der Waals surface area contributed by atoms with Gasteiger partial charge in [-0.15, -0.1) is 0 Å². The van der Waals surface area contributed by atoms with Crippen LogP contribution in [0.5, 0.6) is 0 Å². The summed E-state index contributed by atoms with van der Waals surface area (Å²) in [6.45, 7) is 7.78. The molecular formula is C25H34N2O8. The molecule has 2 amide bonds. The average molecular weight is 491 g/mol. The van der Waals surface area contributed by atoms with Crippen LogP contribution in [0.3, 0.4) is 0 Å². The van der Waals surface area contributed by atoms with E-state index in [1.165, 1.54) is 4.90 Å². The van der Waals surface area contributed by atoms with E-state index in [1.54, 1.807) is 51.0 Å². The number of morpholine rings is 1. The van der Waals surface area contributed by atoms with Gasteiger partial charge < -0.3 is 28.7 Å². The monoisotopic (exact) mass is 490 g/mol. The van der Waals surface area contributed by atoms with Gasteiger partial charge >= 0.3 is 11.9 Å². The van der Waals surface area contributed by atoms with Crippen LogP contribution < -0.4 is 4.90 Å². The van der Waals surface area contributed by atoms with E-state index in [9.17, 15) is 19.2 Å². The van der Waals surface area contributed by atoms with Crippen LogP contribution in [0.4, 0.5) is 5.69 Å². The molecule has 2 heterocycles. The van der Waals surface area contributed by atoms with Crippen molar-refractivity contribution in [1.82, 2.24) is 4.90 Å². The number of benzene rings is 1. The lowest BCUT2D eigenvalue weighted by Gasteiger charge is -2.35. The lowest BCUT2D eigenvalue weighted by atomic mass is 10.1. The third kappa shape index (κ3) is 7.02. The van der Waals surface area contributed by atoms with Crippen LogP contribution in [0, 0.1) is 0 Å². The zero-order chi connectivity index (χ0) is 25.8. The fraction of sp³-hybridized carbons (Fsp3) is 0.600. The van der Waals surface area contributed by atoms with Crippen LogP contribution in [-0.4, -0.2) is 85.9 Å². The van der Waals surface area contributed by atoms with Crippen molar-refractivity contribution < 1.29 is 38.1 Å². The van der Waals surface area contributed by atoms with Gasteiger partial charge in [0, 0.05) is 39.4 Å². The number of hydrogen-bond donors (Lipinski definition) is 0. The van der Waals surface area contributed by atoms with Crippen LogP contribution >= 0.6 is 0 Å². The molecule has 0 aliphatic carbocycles. The molecule has 3 atom stereocenters. The van der Waals surface area contributed by atoms with Gasteiger partial charge in [-0.25, -0.2) is 4.79 Å². The molecule has 2 saturated heterocycles. The highest BCUT2D eigenvalue weighted by molar-refractivity contribution is 6.01. The Kier molecular flexibility index (Phi) is 8.50. The van der Waals surface area contributed by atoms with Gasteiger partial charge in [0.2, 0.25) is 12.0 Å². The van der Waals surface area contributed by atoms with E-state index in [1.807, 2.05) is 6.07 Å². The highest BCUT2D eigenvalue weighted by Crippen LogP contribution is 2.25. The third-order valence-electron chi connectivity index (χ3n) is 5.74. The van der Waals surface area contributed by atoms with E-state index in [0.29, 0.717) is 18.8 Å². The second-order valence-corrected chi connectivity index (χ2v) is 9.68. The highest BCUT2D eigenvalue weighted by atomic mass is 16.6. The van der Waals surface area contributed by atoms with Gasteiger partial charge in [0.15, 0.2) is 6.10 Å². The predicted octanol–water partition coefficient (Wildman–Crippen LogP) is 1.48. The number of esters is 2. The molecule has 192 valence electrons. The zero-order valence-electron chi connectivity index (χ0n) is 20.9. The molecule has 2 fully saturated rings. The van der Waals surface area contributed by atoms with Crippen LogP contribution in [0.15, 0.2) is 24.3 Å². The summed E-state index contributed by atoms with van der Waals surface area (Å²) in [6, 6.07) is 7.13. The Balaban J connectivity index is 1.75. The molecule has 2 aliphatic heterocycles. The van der Waals surface area contributed by atoms with Crippen molar-refractivity contribution in [1.29, 1.82) is 0 Å². The molecule has 2 aliphatic rings. The molecule has 0 spiro atoms. The summed E-state index contributed by atoms with van der Waals surface area (Å²) in [6.07, 6.45) is -1.81. The van der Waals surface area contributed by atoms with E-state index >= 15 is 0 Å². The van der Waals surface area contributed by atoms with Crippen molar-refractivity contribution in [2.75, 3.05) is 38.3 Å². The molecular weight excluding hydrogens is 456 g/mol. The molecule has 0 saturated carbocycles. The van der Waals surface area contributed by atoms with Gasteiger partial charge in [0.1, 0.15) is 5.60 Å². The number of hydrogen-bond acceptors (Lipinski definition) is 8. The first-order valence-electron chi connectivity index (χ1n) is 11.7. The van der Waals surface area contributed by atoms with E-state index in [0.717, 1.165) is 18.9 Å². The second-order valence-electron chi connectivity index (χ2n) is 9.68. The molecule has 10 heteroatoms. The predicted molar refractivity (Wildman–Crippen MR) is 126 cm³/mol. The van der Waals surface area contributed by atoms with Crippen LogP contribution in [0.1, 0.15) is 39.7 Å². The number of ether oxygens (including phenoxy) is 4. The lowest BCUT2D eigenvalue weighted by Crippen LogP contribution is -2.56. The van der Waals surface area contributed by atoms with Crippen molar-refractivity contribution in [3.05, 3.63) is 29.8 Å². The van der Waals surface area contributed by atoms with Crippen molar-refractivity contribution in [2.45, 2.75) is 64.4 Å². The van der Waals surface area contributed by atoms with Crippen LogP contribution in [0.25, 0.3) is 0 Å². The number of likely N-dealkylation sites (tertiary alicyclic amines) is 1. The molecule has 1 aromatic rings. The van der Waals surface area contributed by atoms with Gasteiger partial charge in [0.25, 0.3) is 5.91 Å². The van der Waals surface area contributed by atoms with Crippen molar-refractivity contribution in [3.8, 4) is 0 Å². The second kappa shape index (κ2) is 11.2. The Morgan fingerprint density at radius 1 is 1.20 bits per heavy atom. The summed E-state index contributed by atoms with van der Waals surface area (Å²) >= 11 is 0. The van der Waals surface area contributed by atoms with Crippen molar-refractivity contribution in [3.63, 3.8) is 0 Å². The molecule has 0 aromatic heterocycles. The van der Waals surface area contributed by atoms with Gasteiger partial charge in [-0.1, -0.05) is 12.1 Å². The maximum atomic E-state index is 13.3. The third-order valence-corrected chi connectivity index (χ3v) is 5.74. The standard InChI is InChI=1S/C25H34N2O8/c1-16(28)34-22(24(31)35-25(2,3)4)21-23(30)27(11-12-33-21)18-8-6-7-17(13-18)14-20(29)26-10-9-19(15-26)32-5/h6-8,13,19,21-22H,9-12,14-15H2,1-5H3. The Morgan fingerprint density at radius 2 is 1.94 bits per heavy atom. The molecule has 10 nitrogen and oxygen atoms in total. The summed E-state index contributed by atoms with van der Waals surface area (Å²) in [7, 11) is 1.64. The molecule has 0 N–H and O–H groups in total. The lowest BCUT2D eigenvalue weighted by molar-refractivity contribution is -0.188. The largest absolute Gasteiger partial charge is 0.457 e. The van der Waals surface area contributed by atoms with Crippen LogP contribution in [0.2, 0.25) is 0 Å². The molecule has 0 bridgehead atoms. The Morgan fingerprint density at radius 3 is 2.57 bits per heavy atom. The number of methoxy groups -OCH3 is 1. The van der Waals surface area contributed by atoms with Gasteiger partial charge in [-0.3, -0.25) is 14.4 Å². The Labute approximate surface area is 205 Å². The first-order chi connectivity index (χ1) is 16.5. The Hall–Kier alpha value is -2.98. The normalized spacial score (nSPS) is 21.6. The quantitative estimate of drug-likeness (QED) is 0.529. The molecule has 3 unspecified atom stereocenters. The fourth-order valence-corrected chi connectivity index (χ4v) is 4.12. The summed E-state index contributed by atoms with van der Waals surface area (Å²) in [4.78, 5) is 53.7. The maximum absolute atomic E-state index is 13.3. The molecule has 3 rings (SSSR count). The minimum atomic E-state index is -1.53. The summed E-state index contributed by atoms with van der Waals surface area (Å²) in [5.41, 5.74) is 0.482. The number of carbonyl (C=O) groups is 4. The summed E-state index contributed by atoms with van der Waals surface area (Å²) in [5, 5.41) is 0. The first kappa shape index (κ1) is 26.6. The minimum Gasteiger partial charge on any atom is -0.457 e. The fourth-order valence-electron chi connectivity index (χ4n) is 4.12. The SMILES string of the molecule is COC1CCN(C(=O)Cc2cccc(N3CCOC(C(OC(C)=O)C(=O)OC(C)(C)C)C3=O)c2)C1. The molecule has 35 heavy (non-hydrogen) atoms. The number of amides is 2. The summed E-state index contributed by atoms with van der Waals surface area (Å²) in [5.74, 6) is -2.12. The van der Waals surface area contributed by atoms with E-state index < -0.39 is 35.7 Å². The van der Waals surface area contributed by atoms with Crippen LogP contribution in [-0.2, 0) is 44.5 Å². The maximum Gasteiger partial charge on any atom is 0.351 e. The number of anilines is 1. The average Bonchev–Trinajstić information content (AvgIpc) is 3.26. The number of nitrogens with zero attached hydrogens (tertiary/aromatic N) is 2. The summed E-state index contributed by atoms with van der Waals surface area (Å²) < 4.78 is 21.4. The van der Waals surface area contributed by atoms with Crippen molar-refractivity contribution in [2.24, 2.45) is 0 Å². The zero-order valence-corrected chi connectivity index (χ0v) is 20.9. The Bertz CT molecular complexity index is 957. The van der Waals surface area contributed by atoms with E-state index in [4.69, 9.17) is 18.9 Å². The van der Waals surface area contributed by atoms with Gasteiger partial charge in [-0.05, 0) is 44.9 Å².